The van der Waals surface area contributed by atoms with Gasteiger partial charge in [0.25, 0.3) is 0 Å². The summed E-state index contributed by atoms with van der Waals surface area (Å²) >= 11 is 0. The molecule has 0 saturated heterocycles. The molecule has 0 N–H and O–H groups in total. The molecule has 0 aromatic carbocycles. The van der Waals surface area contributed by atoms with Crippen molar-refractivity contribution >= 4 is 0 Å². The van der Waals surface area contributed by atoms with E-state index in [-0.39, 0.29) is 103 Å². The zero-order valence-corrected chi connectivity index (χ0v) is 15.9. The second-order valence-electron chi connectivity index (χ2n) is 0. The summed E-state index contributed by atoms with van der Waals surface area (Å²) in [5.41, 5.74) is 0. The third kappa shape index (κ3) is 2130000. The van der Waals surface area contributed by atoms with Crippen LogP contribution >= 0.6 is 0 Å². The first-order valence-corrected chi connectivity index (χ1v) is 1.34. The van der Waals surface area contributed by atoms with Crippen molar-refractivity contribution in [1.82, 2.24) is 0 Å². The summed E-state index contributed by atoms with van der Waals surface area (Å²) < 4.78 is 0. The number of hydrogen-bond acceptors (Lipinski definition) is 6. The Kier molecular flexibility index (Phi) is 13500000. The molecule has 0 aromatic heterocycles. The van der Waals surface area contributed by atoms with Gasteiger partial charge in [0.2, 0.25) is 0 Å². The molecular formula is C6CsFe2N6. The van der Waals surface area contributed by atoms with Crippen LogP contribution in [-0.2, 0) is 34.1 Å². The summed E-state index contributed by atoms with van der Waals surface area (Å²) in [6, 6.07) is 0. The summed E-state index contributed by atoms with van der Waals surface area (Å²) in [5.74, 6) is 0. The molecule has 0 aliphatic heterocycles. The predicted octanol–water partition coefficient (Wildman–Crippen LogP) is -2.42. The van der Waals surface area contributed by atoms with Gasteiger partial charge in [-0.2, -0.15) is 0 Å². The first-order chi connectivity index (χ1) is 6.00. The van der Waals surface area contributed by atoms with Gasteiger partial charge in [0.1, 0.15) is 0 Å². The Hall–Kier alpha value is 0.0309. The summed E-state index contributed by atoms with van der Waals surface area (Å²) in [5, 5.41) is 37.5. The van der Waals surface area contributed by atoms with Crippen LogP contribution in [0.1, 0.15) is 0 Å². The molecule has 0 heterocycles. The van der Waals surface area contributed by atoms with Crippen LogP contribution in [0.25, 0.3) is 0 Å². The first kappa shape index (κ1) is 81.4. The average molecular weight is 401 g/mol. The average Bonchev–Trinajstić information content (AvgIpc) is 2.33. The van der Waals surface area contributed by atoms with Crippen LogP contribution in [0.15, 0.2) is 0 Å². The van der Waals surface area contributed by atoms with Crippen molar-refractivity contribution in [1.29, 1.82) is 31.6 Å². The largest absolute Gasteiger partial charge is 3.00 e. The Balaban J connectivity index is -0.00000000396. The van der Waals surface area contributed by atoms with Crippen molar-refractivity contribution in [2.24, 2.45) is 0 Å². The fourth-order valence-electron chi connectivity index (χ4n) is 0. The third-order valence-electron chi connectivity index (χ3n) is 0. The van der Waals surface area contributed by atoms with Crippen molar-refractivity contribution in [2.45, 2.75) is 0 Å². The van der Waals surface area contributed by atoms with Gasteiger partial charge in [-0.05, 0) is 0 Å². The van der Waals surface area contributed by atoms with Crippen molar-refractivity contribution in [2.75, 3.05) is 0 Å². The van der Waals surface area contributed by atoms with Gasteiger partial charge < -0.3 is 71.0 Å². The van der Waals surface area contributed by atoms with Gasteiger partial charge in [-0.15, -0.1) is 0 Å². The molecule has 6 nitrogen and oxygen atoms in total. The normalized spacial score (nSPS) is 0.800. The zero-order valence-electron chi connectivity index (χ0n) is 7.39. The second kappa shape index (κ2) is 2490000. The quantitative estimate of drug-likeness (QED) is 0.327. The number of nitrogens with zero attached hydrogens (tertiary/aromatic N) is 6. The van der Waals surface area contributed by atoms with Crippen molar-refractivity contribution in [3.8, 4) is 0 Å². The molecule has 0 aromatic rings. The Morgan fingerprint density at radius 3 is 0.400 bits per heavy atom. The van der Waals surface area contributed by atoms with Crippen LogP contribution < -0.4 is 68.9 Å². The van der Waals surface area contributed by atoms with Gasteiger partial charge in [0, 0.05) is 0 Å². The molecule has 0 rings (SSSR count). The minimum atomic E-state index is 0. The van der Waals surface area contributed by atoms with E-state index in [0.717, 1.165) is 0 Å². The first-order valence-electron chi connectivity index (χ1n) is 1.34. The molecule has 0 amide bonds. The molecule has 71 valence electrons. The maximum absolute atomic E-state index is 6.25. The second-order valence-corrected chi connectivity index (χ2v) is 0. The van der Waals surface area contributed by atoms with E-state index >= 15 is 0 Å². The molecule has 0 aliphatic rings. The van der Waals surface area contributed by atoms with E-state index < -0.39 is 0 Å². The molecule has 0 bridgehead atoms. The fraction of sp³-hybridized carbons (Fsp3) is 0. The standard InChI is InChI=1S/6CN.Cs.2Fe/c6*1-2;;;/q6*-1;+1;+2;+3. The molecule has 0 spiro atoms. The van der Waals surface area contributed by atoms with E-state index in [4.69, 9.17) is 71.0 Å². The van der Waals surface area contributed by atoms with Crippen LogP contribution in [0.5, 0.6) is 0 Å². The minimum absolute atomic E-state index is 0. The molecule has 1 radical (unpaired) electrons. The third-order valence-corrected chi connectivity index (χ3v) is 0. The minimum Gasteiger partial charge on any atom is -0.512 e. The van der Waals surface area contributed by atoms with Crippen LogP contribution in [0, 0.1) is 71.0 Å². The number of rotatable bonds is 0. The van der Waals surface area contributed by atoms with E-state index in [1.54, 1.807) is 0 Å². The van der Waals surface area contributed by atoms with E-state index in [9.17, 15) is 0 Å². The summed E-state index contributed by atoms with van der Waals surface area (Å²) in [6.07, 6.45) is 0. The molecule has 0 unspecified atom stereocenters. The maximum atomic E-state index is 6.25. The maximum Gasteiger partial charge on any atom is 3.00 e. The fourth-order valence-corrected chi connectivity index (χ4v) is 0. The van der Waals surface area contributed by atoms with Crippen molar-refractivity contribution < 1.29 is 103 Å². The van der Waals surface area contributed by atoms with Gasteiger partial charge in [0.15, 0.2) is 0 Å². The smallest absolute Gasteiger partial charge is 0.512 e. The van der Waals surface area contributed by atoms with E-state index in [1.807, 2.05) is 0 Å². The zero-order chi connectivity index (χ0) is 12.0. The van der Waals surface area contributed by atoms with Gasteiger partial charge >= 0.3 is 103 Å². The van der Waals surface area contributed by atoms with E-state index in [1.165, 1.54) is 0 Å². The van der Waals surface area contributed by atoms with Gasteiger partial charge in [0.05, 0.1) is 0 Å². The Labute approximate surface area is 170 Å². The van der Waals surface area contributed by atoms with Crippen molar-refractivity contribution in [3.63, 3.8) is 0 Å². The van der Waals surface area contributed by atoms with Gasteiger partial charge in [-0.1, -0.05) is 0 Å². The molecule has 0 saturated carbocycles. The van der Waals surface area contributed by atoms with Gasteiger partial charge in [-0.25, -0.2) is 0 Å². The summed E-state index contributed by atoms with van der Waals surface area (Å²) in [7, 11) is 0. The monoisotopic (exact) mass is 401 g/mol. The molecule has 0 fully saturated rings. The molecule has 0 atom stereocenters. The van der Waals surface area contributed by atoms with E-state index in [0.29, 0.717) is 0 Å². The van der Waals surface area contributed by atoms with Crippen LogP contribution in [0.3, 0.4) is 0 Å². The number of hydrogen-bond donors (Lipinski definition) is 0. The Morgan fingerprint density at radius 1 is 0.400 bits per heavy atom. The summed E-state index contributed by atoms with van der Waals surface area (Å²) in [6.45, 7) is 28.5. The van der Waals surface area contributed by atoms with Crippen LogP contribution in [0.4, 0.5) is 0 Å². The van der Waals surface area contributed by atoms with E-state index in [2.05, 4.69) is 0 Å². The molecule has 0 aliphatic carbocycles. The van der Waals surface area contributed by atoms with Crippen LogP contribution in [0.2, 0.25) is 0 Å². The summed E-state index contributed by atoms with van der Waals surface area (Å²) in [4.78, 5) is 0. The Bertz CT molecular complexity index is 101. The van der Waals surface area contributed by atoms with Gasteiger partial charge in [-0.3, -0.25) is 0 Å². The SMILES string of the molecule is [C-]#N.[C-]#N.[C-]#N.[C-]#N.[C-]#N.[C-]#N.[Cs+].[Fe+2].[Fe+3]. The van der Waals surface area contributed by atoms with Crippen molar-refractivity contribution in [3.05, 3.63) is 39.4 Å². The van der Waals surface area contributed by atoms with Crippen LogP contribution in [-0.4, -0.2) is 0 Å². The molecular weight excluding hydrogens is 401 g/mol. The molecule has 15 heavy (non-hydrogen) atoms. The topological polar surface area (TPSA) is 143 Å². The Morgan fingerprint density at radius 2 is 0.400 bits per heavy atom. The molecule has 9 heteroatoms. The predicted molar refractivity (Wildman–Crippen MR) is 29.8 cm³/mol.